The first-order chi connectivity index (χ1) is 8.43. The standard InChI is InChI=1S/C9H6F3N5O/c10-9(11,12)6(3-13)5-17-8(18)16-2-1-14-4-7(16)15-17/h1-2,4,6H,5H2. The van der Waals surface area contributed by atoms with Crippen LogP contribution in [0.25, 0.3) is 5.65 Å². The fourth-order valence-electron chi connectivity index (χ4n) is 1.39. The molecule has 18 heavy (non-hydrogen) atoms. The van der Waals surface area contributed by atoms with Crippen LogP contribution in [-0.2, 0) is 6.54 Å². The maximum Gasteiger partial charge on any atom is 0.406 e. The molecular weight excluding hydrogens is 251 g/mol. The summed E-state index contributed by atoms with van der Waals surface area (Å²) in [4.78, 5) is 15.4. The van der Waals surface area contributed by atoms with Crippen LogP contribution in [0.1, 0.15) is 0 Å². The van der Waals surface area contributed by atoms with Crippen molar-refractivity contribution in [3.8, 4) is 6.07 Å². The van der Waals surface area contributed by atoms with E-state index in [1.165, 1.54) is 18.6 Å². The highest BCUT2D eigenvalue weighted by Gasteiger charge is 2.40. The van der Waals surface area contributed by atoms with Crippen molar-refractivity contribution in [2.45, 2.75) is 12.7 Å². The van der Waals surface area contributed by atoms with Gasteiger partial charge in [0.05, 0.1) is 18.8 Å². The molecule has 0 bridgehead atoms. The highest BCUT2D eigenvalue weighted by molar-refractivity contribution is 5.31. The van der Waals surface area contributed by atoms with Gasteiger partial charge in [0.25, 0.3) is 0 Å². The minimum atomic E-state index is -4.69. The largest absolute Gasteiger partial charge is 0.406 e. The summed E-state index contributed by atoms with van der Waals surface area (Å²) in [6.07, 6.45) is -0.850. The van der Waals surface area contributed by atoms with Gasteiger partial charge in [-0.25, -0.2) is 13.9 Å². The summed E-state index contributed by atoms with van der Waals surface area (Å²) in [5.74, 6) is -2.27. The molecular formula is C9H6F3N5O. The number of nitrogens with zero attached hydrogens (tertiary/aromatic N) is 5. The second kappa shape index (κ2) is 4.14. The quantitative estimate of drug-likeness (QED) is 0.789. The lowest BCUT2D eigenvalue weighted by molar-refractivity contribution is -0.162. The molecule has 0 amide bonds. The van der Waals surface area contributed by atoms with Gasteiger partial charge in [-0.05, 0) is 0 Å². The van der Waals surface area contributed by atoms with Crippen molar-refractivity contribution < 1.29 is 13.2 Å². The monoisotopic (exact) mass is 257 g/mol. The van der Waals surface area contributed by atoms with Crippen LogP contribution in [0.4, 0.5) is 13.2 Å². The first kappa shape index (κ1) is 12.1. The Kier molecular flexibility index (Phi) is 2.78. The maximum atomic E-state index is 12.4. The smallest absolute Gasteiger partial charge is 0.259 e. The molecule has 0 aliphatic heterocycles. The summed E-state index contributed by atoms with van der Waals surface area (Å²) >= 11 is 0. The van der Waals surface area contributed by atoms with E-state index < -0.39 is 24.3 Å². The fraction of sp³-hybridized carbons (Fsp3) is 0.333. The Morgan fingerprint density at radius 2 is 2.22 bits per heavy atom. The van der Waals surface area contributed by atoms with Crippen molar-refractivity contribution in [1.29, 1.82) is 5.26 Å². The molecule has 0 spiro atoms. The molecule has 0 saturated carbocycles. The Labute approximate surface area is 97.9 Å². The van der Waals surface area contributed by atoms with Gasteiger partial charge in [-0.1, -0.05) is 0 Å². The number of hydrogen-bond donors (Lipinski definition) is 0. The Morgan fingerprint density at radius 1 is 1.50 bits per heavy atom. The van der Waals surface area contributed by atoms with Crippen LogP contribution in [0.2, 0.25) is 0 Å². The summed E-state index contributed by atoms with van der Waals surface area (Å²) in [5.41, 5.74) is -0.613. The van der Waals surface area contributed by atoms with Crippen LogP contribution in [0.5, 0.6) is 0 Å². The lowest BCUT2D eigenvalue weighted by Gasteiger charge is -2.11. The van der Waals surface area contributed by atoms with Crippen LogP contribution in [0, 0.1) is 17.2 Å². The van der Waals surface area contributed by atoms with E-state index in [-0.39, 0.29) is 5.65 Å². The SMILES string of the molecule is N#CC(Cn1nc2cnccn2c1=O)C(F)(F)F. The minimum Gasteiger partial charge on any atom is -0.259 e. The highest BCUT2D eigenvalue weighted by atomic mass is 19.4. The molecule has 2 heterocycles. The molecule has 0 N–H and O–H groups in total. The molecule has 0 radical (unpaired) electrons. The zero-order valence-corrected chi connectivity index (χ0v) is 8.79. The van der Waals surface area contributed by atoms with E-state index in [9.17, 15) is 18.0 Å². The van der Waals surface area contributed by atoms with Gasteiger partial charge in [0, 0.05) is 12.4 Å². The second-order valence-electron chi connectivity index (χ2n) is 3.49. The number of halogens is 3. The van der Waals surface area contributed by atoms with Crippen LogP contribution < -0.4 is 5.69 Å². The number of hydrogen-bond acceptors (Lipinski definition) is 4. The minimum absolute atomic E-state index is 0.126. The fourth-order valence-corrected chi connectivity index (χ4v) is 1.39. The topological polar surface area (TPSA) is 76.0 Å². The van der Waals surface area contributed by atoms with Crippen LogP contribution in [0.15, 0.2) is 23.4 Å². The van der Waals surface area contributed by atoms with Crippen LogP contribution in [-0.4, -0.2) is 25.3 Å². The van der Waals surface area contributed by atoms with Gasteiger partial charge in [0.2, 0.25) is 0 Å². The third kappa shape index (κ3) is 2.04. The highest BCUT2D eigenvalue weighted by Crippen LogP contribution is 2.26. The summed E-state index contributed by atoms with van der Waals surface area (Å²) in [7, 11) is 0. The van der Waals surface area contributed by atoms with Crippen molar-refractivity contribution >= 4 is 5.65 Å². The Hall–Kier alpha value is -2.37. The zero-order chi connectivity index (χ0) is 13.3. The van der Waals surface area contributed by atoms with E-state index in [1.54, 1.807) is 0 Å². The number of rotatable bonds is 2. The normalized spacial score (nSPS) is 13.4. The van der Waals surface area contributed by atoms with E-state index in [0.717, 1.165) is 10.5 Å². The average molecular weight is 257 g/mol. The third-order valence-corrected chi connectivity index (χ3v) is 2.30. The predicted octanol–water partition coefficient (Wildman–Crippen LogP) is 0.593. The third-order valence-electron chi connectivity index (χ3n) is 2.30. The van der Waals surface area contributed by atoms with E-state index >= 15 is 0 Å². The lowest BCUT2D eigenvalue weighted by Crippen LogP contribution is -2.31. The zero-order valence-electron chi connectivity index (χ0n) is 8.79. The molecule has 0 aromatic carbocycles. The molecule has 0 aliphatic carbocycles. The molecule has 2 aromatic heterocycles. The second-order valence-corrected chi connectivity index (χ2v) is 3.49. The van der Waals surface area contributed by atoms with E-state index in [4.69, 9.17) is 5.26 Å². The number of nitriles is 1. The Morgan fingerprint density at radius 3 is 2.78 bits per heavy atom. The molecule has 6 nitrogen and oxygen atoms in total. The van der Waals surface area contributed by atoms with Gasteiger partial charge < -0.3 is 0 Å². The van der Waals surface area contributed by atoms with Crippen LogP contribution >= 0.6 is 0 Å². The van der Waals surface area contributed by atoms with Gasteiger partial charge in [-0.15, -0.1) is 5.10 Å². The van der Waals surface area contributed by atoms with E-state index in [0.29, 0.717) is 4.68 Å². The summed E-state index contributed by atoms with van der Waals surface area (Å²) in [5, 5.41) is 12.1. The van der Waals surface area contributed by atoms with E-state index in [1.807, 2.05) is 0 Å². The summed E-state index contributed by atoms with van der Waals surface area (Å²) < 4.78 is 38.9. The molecule has 2 rings (SSSR count). The van der Waals surface area contributed by atoms with Crippen molar-refractivity contribution in [2.75, 3.05) is 0 Å². The van der Waals surface area contributed by atoms with Gasteiger partial charge in [-0.3, -0.25) is 4.98 Å². The lowest BCUT2D eigenvalue weighted by atomic mass is 10.1. The molecule has 1 atom stereocenters. The number of aromatic nitrogens is 4. The van der Waals surface area contributed by atoms with Gasteiger partial charge >= 0.3 is 11.9 Å². The number of fused-ring (bicyclic) bond motifs is 1. The summed E-state index contributed by atoms with van der Waals surface area (Å²) in [6.45, 7) is -0.833. The molecule has 94 valence electrons. The molecule has 0 fully saturated rings. The molecule has 2 aromatic rings. The van der Waals surface area contributed by atoms with Gasteiger partial charge in [0.15, 0.2) is 11.6 Å². The van der Waals surface area contributed by atoms with Gasteiger partial charge in [0.1, 0.15) is 0 Å². The molecule has 0 saturated heterocycles. The summed E-state index contributed by atoms with van der Waals surface area (Å²) in [6, 6.07) is 1.11. The van der Waals surface area contributed by atoms with Crippen LogP contribution in [0.3, 0.4) is 0 Å². The predicted molar refractivity (Wildman–Crippen MR) is 52.4 cm³/mol. The molecule has 9 heteroatoms. The Bertz CT molecular complexity index is 665. The van der Waals surface area contributed by atoms with E-state index in [2.05, 4.69) is 10.1 Å². The first-order valence-corrected chi connectivity index (χ1v) is 4.79. The van der Waals surface area contributed by atoms with Gasteiger partial charge in [-0.2, -0.15) is 18.4 Å². The van der Waals surface area contributed by atoms with Crippen molar-refractivity contribution in [1.82, 2.24) is 19.2 Å². The van der Waals surface area contributed by atoms with Crippen molar-refractivity contribution in [3.05, 3.63) is 29.1 Å². The van der Waals surface area contributed by atoms with Crippen molar-refractivity contribution in [2.24, 2.45) is 5.92 Å². The Balaban J connectivity index is 2.42. The molecule has 0 aliphatic rings. The maximum absolute atomic E-state index is 12.4. The van der Waals surface area contributed by atoms with Crippen molar-refractivity contribution in [3.63, 3.8) is 0 Å². The molecule has 1 unspecified atom stereocenters. The average Bonchev–Trinajstić information content (AvgIpc) is 2.62. The first-order valence-electron chi connectivity index (χ1n) is 4.79. The number of alkyl halides is 3.